The Morgan fingerprint density at radius 2 is 2.10 bits per heavy atom. The number of carboxylic acid groups (broad SMARTS) is 1. The van der Waals surface area contributed by atoms with Crippen molar-refractivity contribution < 1.29 is 14.7 Å². The van der Waals surface area contributed by atoms with E-state index in [1.54, 1.807) is 23.1 Å². The molecule has 6 heteroatoms. The number of carbonyl (C=O) groups excluding carboxylic acids is 1. The van der Waals surface area contributed by atoms with Crippen LogP contribution in [0, 0.1) is 5.41 Å². The van der Waals surface area contributed by atoms with Crippen molar-refractivity contribution in [3.05, 3.63) is 33.8 Å². The van der Waals surface area contributed by atoms with Gasteiger partial charge < -0.3 is 10.0 Å². The third-order valence-electron chi connectivity index (χ3n) is 4.01. The second kappa shape index (κ2) is 6.24. The smallest absolute Gasteiger partial charge is 0.311 e. The van der Waals surface area contributed by atoms with Crippen LogP contribution in [0.4, 0.5) is 0 Å². The number of benzene rings is 1. The first kappa shape index (κ1) is 16.1. The average molecular weight is 330 g/mol. The SMILES string of the molecule is CCCC1(C(=O)O)CCN(C(=O)c2cccc(Cl)c2Cl)C1. The van der Waals surface area contributed by atoms with Crippen LogP contribution >= 0.6 is 23.2 Å². The fraction of sp³-hybridized carbons (Fsp3) is 0.467. The third kappa shape index (κ3) is 3.01. The topological polar surface area (TPSA) is 57.6 Å². The van der Waals surface area contributed by atoms with E-state index >= 15 is 0 Å². The van der Waals surface area contributed by atoms with Crippen molar-refractivity contribution >= 4 is 35.1 Å². The van der Waals surface area contributed by atoms with Crippen LogP contribution in [-0.2, 0) is 4.79 Å². The maximum Gasteiger partial charge on any atom is 0.311 e. The molecule has 114 valence electrons. The van der Waals surface area contributed by atoms with Gasteiger partial charge in [0.1, 0.15) is 0 Å². The molecule has 1 aromatic carbocycles. The molecule has 0 aromatic heterocycles. The Hall–Kier alpha value is -1.26. The fourth-order valence-electron chi connectivity index (χ4n) is 2.85. The van der Waals surface area contributed by atoms with Crippen LogP contribution in [-0.4, -0.2) is 35.0 Å². The van der Waals surface area contributed by atoms with Crippen molar-refractivity contribution in [1.29, 1.82) is 0 Å². The molecule has 1 heterocycles. The largest absolute Gasteiger partial charge is 0.481 e. The number of rotatable bonds is 4. The minimum Gasteiger partial charge on any atom is -0.481 e. The molecular formula is C15H17Cl2NO3. The Kier molecular flexibility index (Phi) is 4.79. The molecule has 1 fully saturated rings. The van der Waals surface area contributed by atoms with Gasteiger partial charge in [0.05, 0.1) is 21.0 Å². The number of likely N-dealkylation sites (tertiary alicyclic amines) is 1. The first-order chi connectivity index (χ1) is 9.91. The summed E-state index contributed by atoms with van der Waals surface area (Å²) in [5.41, 5.74) is -0.517. The van der Waals surface area contributed by atoms with Crippen LogP contribution in [0.25, 0.3) is 0 Å². The number of hydrogen-bond donors (Lipinski definition) is 1. The Morgan fingerprint density at radius 3 is 2.71 bits per heavy atom. The van der Waals surface area contributed by atoms with Crippen molar-refractivity contribution in [2.45, 2.75) is 26.2 Å². The van der Waals surface area contributed by atoms with E-state index in [0.29, 0.717) is 30.0 Å². The van der Waals surface area contributed by atoms with Gasteiger partial charge in [0.15, 0.2) is 0 Å². The summed E-state index contributed by atoms with van der Waals surface area (Å²) in [6, 6.07) is 4.88. The van der Waals surface area contributed by atoms with Crippen molar-refractivity contribution in [1.82, 2.24) is 4.90 Å². The second-order valence-corrected chi connectivity index (χ2v) is 6.20. The highest BCUT2D eigenvalue weighted by atomic mass is 35.5. The maximum atomic E-state index is 12.5. The minimum atomic E-state index is -0.838. The monoisotopic (exact) mass is 329 g/mol. The summed E-state index contributed by atoms with van der Waals surface area (Å²) in [7, 11) is 0. The van der Waals surface area contributed by atoms with E-state index in [0.717, 1.165) is 6.42 Å². The van der Waals surface area contributed by atoms with Crippen molar-refractivity contribution in [2.24, 2.45) is 5.41 Å². The molecule has 1 aliphatic heterocycles. The number of halogens is 2. The highest BCUT2D eigenvalue weighted by molar-refractivity contribution is 6.43. The molecule has 0 bridgehead atoms. The Morgan fingerprint density at radius 1 is 1.38 bits per heavy atom. The average Bonchev–Trinajstić information content (AvgIpc) is 2.87. The van der Waals surface area contributed by atoms with Gasteiger partial charge in [-0.2, -0.15) is 0 Å². The van der Waals surface area contributed by atoms with E-state index in [1.165, 1.54) is 0 Å². The van der Waals surface area contributed by atoms with E-state index in [4.69, 9.17) is 23.2 Å². The summed E-state index contributed by atoms with van der Waals surface area (Å²) in [5, 5.41) is 10.0. The molecule has 1 N–H and O–H groups in total. The lowest BCUT2D eigenvalue weighted by molar-refractivity contribution is -0.148. The lowest BCUT2D eigenvalue weighted by atomic mass is 9.83. The summed E-state index contributed by atoms with van der Waals surface area (Å²) >= 11 is 12.0. The molecule has 1 atom stereocenters. The molecule has 2 rings (SSSR count). The quantitative estimate of drug-likeness (QED) is 0.915. The summed E-state index contributed by atoms with van der Waals surface area (Å²) in [5.74, 6) is -1.10. The van der Waals surface area contributed by atoms with Gasteiger partial charge in [0.2, 0.25) is 0 Å². The van der Waals surface area contributed by atoms with Gasteiger partial charge in [-0.25, -0.2) is 0 Å². The van der Waals surface area contributed by atoms with Crippen LogP contribution in [0.3, 0.4) is 0 Å². The minimum absolute atomic E-state index is 0.215. The molecule has 4 nitrogen and oxygen atoms in total. The zero-order valence-electron chi connectivity index (χ0n) is 11.7. The number of hydrogen-bond acceptors (Lipinski definition) is 2. The Balaban J connectivity index is 2.23. The molecule has 21 heavy (non-hydrogen) atoms. The normalized spacial score (nSPS) is 21.6. The standard InChI is InChI=1S/C15H17Cl2NO3/c1-2-6-15(14(20)21)7-8-18(9-15)13(19)10-4-3-5-11(16)12(10)17/h3-5H,2,6-9H2,1H3,(H,20,21). The summed E-state index contributed by atoms with van der Waals surface area (Å²) in [6.45, 7) is 2.59. The van der Waals surface area contributed by atoms with Gasteiger partial charge in [-0.1, -0.05) is 42.6 Å². The van der Waals surface area contributed by atoms with Crippen molar-refractivity contribution in [3.63, 3.8) is 0 Å². The molecule has 0 aliphatic carbocycles. The van der Waals surface area contributed by atoms with Crippen molar-refractivity contribution in [3.8, 4) is 0 Å². The molecular weight excluding hydrogens is 313 g/mol. The summed E-state index contributed by atoms with van der Waals surface area (Å²) in [6.07, 6.45) is 1.81. The fourth-order valence-corrected chi connectivity index (χ4v) is 3.23. The molecule has 1 unspecified atom stereocenters. The van der Waals surface area contributed by atoms with Gasteiger partial charge in [-0.05, 0) is 25.0 Å². The first-order valence-electron chi connectivity index (χ1n) is 6.88. The van der Waals surface area contributed by atoms with Crippen LogP contribution < -0.4 is 0 Å². The predicted octanol–water partition coefficient (Wildman–Crippen LogP) is 3.71. The van der Waals surface area contributed by atoms with Gasteiger partial charge in [-0.3, -0.25) is 9.59 Å². The van der Waals surface area contributed by atoms with E-state index in [9.17, 15) is 14.7 Å². The number of carbonyl (C=O) groups is 2. The summed E-state index contributed by atoms with van der Waals surface area (Å²) in [4.78, 5) is 25.6. The van der Waals surface area contributed by atoms with Gasteiger partial charge >= 0.3 is 5.97 Å². The molecule has 0 saturated carbocycles. The lowest BCUT2D eigenvalue weighted by Gasteiger charge is -2.24. The molecule has 1 saturated heterocycles. The molecule has 1 amide bonds. The number of aliphatic carboxylic acids is 1. The first-order valence-corrected chi connectivity index (χ1v) is 7.63. The molecule has 0 spiro atoms. The number of nitrogens with zero attached hydrogens (tertiary/aromatic N) is 1. The zero-order chi connectivity index (χ0) is 15.6. The summed E-state index contributed by atoms with van der Waals surface area (Å²) < 4.78 is 0. The van der Waals surface area contributed by atoms with Crippen LogP contribution in [0.2, 0.25) is 10.0 Å². The van der Waals surface area contributed by atoms with Crippen LogP contribution in [0.5, 0.6) is 0 Å². The molecule has 0 radical (unpaired) electrons. The number of amides is 1. The van der Waals surface area contributed by atoms with Crippen LogP contribution in [0.15, 0.2) is 18.2 Å². The lowest BCUT2D eigenvalue weighted by Crippen LogP contribution is -2.37. The zero-order valence-corrected chi connectivity index (χ0v) is 13.2. The van der Waals surface area contributed by atoms with Gasteiger partial charge in [0, 0.05) is 13.1 Å². The number of carboxylic acids is 1. The van der Waals surface area contributed by atoms with E-state index < -0.39 is 11.4 Å². The third-order valence-corrected chi connectivity index (χ3v) is 4.82. The van der Waals surface area contributed by atoms with Crippen molar-refractivity contribution in [2.75, 3.05) is 13.1 Å². The van der Waals surface area contributed by atoms with E-state index in [1.807, 2.05) is 6.92 Å². The van der Waals surface area contributed by atoms with Gasteiger partial charge in [-0.15, -0.1) is 0 Å². The Bertz CT molecular complexity index is 576. The highest BCUT2D eigenvalue weighted by Crippen LogP contribution is 2.37. The van der Waals surface area contributed by atoms with E-state index in [-0.39, 0.29) is 17.5 Å². The van der Waals surface area contributed by atoms with Gasteiger partial charge in [0.25, 0.3) is 5.91 Å². The molecule has 1 aromatic rings. The predicted molar refractivity (Wildman–Crippen MR) is 82.0 cm³/mol. The molecule has 1 aliphatic rings. The highest BCUT2D eigenvalue weighted by Gasteiger charge is 2.45. The Labute approximate surface area is 133 Å². The van der Waals surface area contributed by atoms with E-state index in [2.05, 4.69) is 0 Å². The maximum absolute atomic E-state index is 12.5. The van der Waals surface area contributed by atoms with Crippen LogP contribution in [0.1, 0.15) is 36.5 Å². The second-order valence-electron chi connectivity index (χ2n) is 5.41.